The first-order valence-electron chi connectivity index (χ1n) is 5.22. The summed E-state index contributed by atoms with van der Waals surface area (Å²) in [6.07, 6.45) is -0.492. The van der Waals surface area contributed by atoms with Crippen molar-refractivity contribution in [2.24, 2.45) is 0 Å². The van der Waals surface area contributed by atoms with Gasteiger partial charge >= 0.3 is 0 Å². The van der Waals surface area contributed by atoms with Gasteiger partial charge in [-0.15, -0.1) is 11.8 Å². The van der Waals surface area contributed by atoms with Gasteiger partial charge in [0.25, 0.3) is 0 Å². The molecule has 1 amide bonds. The smallest absolute Gasteiger partial charge is 0.230 e. The minimum atomic E-state index is -0.492. The monoisotopic (exact) mass is 239 g/mol. The number of benzene rings is 1. The van der Waals surface area contributed by atoms with E-state index in [-0.39, 0.29) is 5.91 Å². The van der Waals surface area contributed by atoms with E-state index in [2.05, 4.69) is 5.32 Å². The Labute approximate surface area is 100 Å². The van der Waals surface area contributed by atoms with Crippen molar-refractivity contribution >= 4 is 17.7 Å². The zero-order valence-corrected chi connectivity index (χ0v) is 10.4. The molecule has 0 fully saturated rings. The van der Waals surface area contributed by atoms with Crippen molar-refractivity contribution in [1.82, 2.24) is 5.32 Å². The lowest BCUT2D eigenvalue weighted by Gasteiger charge is -2.06. The highest BCUT2D eigenvalue weighted by Crippen LogP contribution is 2.17. The summed E-state index contributed by atoms with van der Waals surface area (Å²) in [6.45, 7) is 3.99. The number of aliphatic hydroxyl groups excluding tert-OH is 1. The first-order valence-corrected chi connectivity index (χ1v) is 6.20. The number of nitrogens with one attached hydrogen (secondary N) is 1. The number of carbonyl (C=O) groups is 1. The summed E-state index contributed by atoms with van der Waals surface area (Å²) in [5, 5.41) is 11.6. The van der Waals surface area contributed by atoms with E-state index in [1.807, 2.05) is 31.2 Å². The average molecular weight is 239 g/mol. The van der Waals surface area contributed by atoms with Gasteiger partial charge in [0.2, 0.25) is 5.91 Å². The molecule has 0 aromatic heterocycles. The number of aliphatic hydroxyl groups is 1. The molecule has 1 rings (SSSR count). The predicted molar refractivity (Wildman–Crippen MR) is 66.6 cm³/mol. The Hall–Kier alpha value is -1.00. The maximum atomic E-state index is 11.3. The van der Waals surface area contributed by atoms with Gasteiger partial charge in [-0.2, -0.15) is 0 Å². The molecule has 3 nitrogen and oxygen atoms in total. The van der Waals surface area contributed by atoms with Crippen molar-refractivity contribution in [2.45, 2.75) is 24.8 Å². The largest absolute Gasteiger partial charge is 0.392 e. The highest BCUT2D eigenvalue weighted by Gasteiger charge is 2.03. The first-order chi connectivity index (χ1) is 7.58. The Kier molecular flexibility index (Phi) is 5.35. The maximum Gasteiger partial charge on any atom is 0.230 e. The fraction of sp³-hybridized carbons (Fsp3) is 0.417. The topological polar surface area (TPSA) is 49.3 Å². The molecular weight excluding hydrogens is 222 g/mol. The van der Waals surface area contributed by atoms with Crippen LogP contribution in [0.25, 0.3) is 0 Å². The number of hydrogen-bond acceptors (Lipinski definition) is 3. The minimum absolute atomic E-state index is 0.0496. The van der Waals surface area contributed by atoms with Crippen LogP contribution in [0.4, 0.5) is 0 Å². The quantitative estimate of drug-likeness (QED) is 0.767. The van der Waals surface area contributed by atoms with Crippen LogP contribution in [-0.4, -0.2) is 29.4 Å². The van der Waals surface area contributed by atoms with Crippen LogP contribution in [0, 0.1) is 6.92 Å². The van der Waals surface area contributed by atoms with Crippen LogP contribution in [-0.2, 0) is 4.79 Å². The van der Waals surface area contributed by atoms with Crippen molar-refractivity contribution in [1.29, 1.82) is 0 Å². The zero-order chi connectivity index (χ0) is 12.0. The van der Waals surface area contributed by atoms with E-state index >= 15 is 0 Å². The fourth-order valence-corrected chi connectivity index (χ4v) is 1.82. The molecule has 0 spiro atoms. The fourth-order valence-electron chi connectivity index (χ4n) is 1.10. The normalized spacial score (nSPS) is 12.2. The van der Waals surface area contributed by atoms with Crippen molar-refractivity contribution in [3.05, 3.63) is 29.8 Å². The number of hydrogen-bond donors (Lipinski definition) is 2. The standard InChI is InChI=1S/C12H17NO2S/c1-9-3-5-11(6-4-9)16-8-12(15)13-7-10(2)14/h3-6,10,14H,7-8H2,1-2H3,(H,13,15). The number of amides is 1. The Morgan fingerprint density at radius 3 is 2.62 bits per heavy atom. The molecule has 1 aromatic carbocycles. The molecule has 0 aliphatic carbocycles. The van der Waals surface area contributed by atoms with E-state index in [1.54, 1.807) is 6.92 Å². The summed E-state index contributed by atoms with van der Waals surface area (Å²) in [7, 11) is 0. The lowest BCUT2D eigenvalue weighted by molar-refractivity contribution is -0.118. The molecule has 88 valence electrons. The van der Waals surface area contributed by atoms with Gasteiger partial charge in [0, 0.05) is 11.4 Å². The molecule has 4 heteroatoms. The summed E-state index contributed by atoms with van der Waals surface area (Å²) >= 11 is 1.50. The van der Waals surface area contributed by atoms with Crippen LogP contribution in [0.2, 0.25) is 0 Å². The van der Waals surface area contributed by atoms with Gasteiger partial charge in [0.15, 0.2) is 0 Å². The third-order valence-corrected chi connectivity index (χ3v) is 3.00. The Morgan fingerprint density at radius 2 is 2.06 bits per heavy atom. The molecule has 0 aliphatic heterocycles. The second-order valence-corrected chi connectivity index (χ2v) is 4.80. The van der Waals surface area contributed by atoms with Gasteiger partial charge in [0.1, 0.15) is 0 Å². The molecule has 0 aliphatic rings. The van der Waals surface area contributed by atoms with E-state index in [4.69, 9.17) is 5.11 Å². The SMILES string of the molecule is Cc1ccc(SCC(=O)NCC(C)O)cc1. The maximum absolute atomic E-state index is 11.3. The molecule has 0 radical (unpaired) electrons. The highest BCUT2D eigenvalue weighted by atomic mass is 32.2. The first kappa shape index (κ1) is 13.1. The molecule has 1 unspecified atom stereocenters. The number of carbonyl (C=O) groups excluding carboxylic acids is 1. The molecule has 1 aromatic rings. The van der Waals surface area contributed by atoms with Gasteiger partial charge < -0.3 is 10.4 Å². The summed E-state index contributed by atoms with van der Waals surface area (Å²) in [6, 6.07) is 8.05. The Morgan fingerprint density at radius 1 is 1.44 bits per heavy atom. The van der Waals surface area contributed by atoms with Crippen molar-refractivity contribution in [2.75, 3.05) is 12.3 Å². The molecular formula is C12H17NO2S. The molecule has 16 heavy (non-hydrogen) atoms. The van der Waals surface area contributed by atoms with Gasteiger partial charge in [-0.25, -0.2) is 0 Å². The zero-order valence-electron chi connectivity index (χ0n) is 9.56. The van der Waals surface area contributed by atoms with E-state index < -0.39 is 6.10 Å². The number of rotatable bonds is 5. The molecule has 0 bridgehead atoms. The molecule has 1 atom stereocenters. The number of aryl methyl sites for hydroxylation is 1. The van der Waals surface area contributed by atoms with Crippen LogP contribution in [0.5, 0.6) is 0 Å². The van der Waals surface area contributed by atoms with Crippen LogP contribution < -0.4 is 5.32 Å². The lowest BCUT2D eigenvalue weighted by Crippen LogP contribution is -2.31. The van der Waals surface area contributed by atoms with E-state index in [0.29, 0.717) is 12.3 Å². The summed E-state index contributed by atoms with van der Waals surface area (Å²) in [4.78, 5) is 12.4. The molecule has 2 N–H and O–H groups in total. The summed E-state index contributed by atoms with van der Waals surface area (Å²) < 4.78 is 0. The number of thioether (sulfide) groups is 1. The second-order valence-electron chi connectivity index (χ2n) is 3.75. The minimum Gasteiger partial charge on any atom is -0.392 e. The van der Waals surface area contributed by atoms with Crippen LogP contribution in [0.15, 0.2) is 29.2 Å². The lowest BCUT2D eigenvalue weighted by atomic mass is 10.2. The van der Waals surface area contributed by atoms with Crippen LogP contribution >= 0.6 is 11.8 Å². The summed E-state index contributed by atoms with van der Waals surface area (Å²) in [5.74, 6) is 0.335. The van der Waals surface area contributed by atoms with Crippen LogP contribution in [0.3, 0.4) is 0 Å². The average Bonchev–Trinajstić information content (AvgIpc) is 2.25. The Balaban J connectivity index is 2.29. The van der Waals surface area contributed by atoms with Gasteiger partial charge in [-0.3, -0.25) is 4.79 Å². The van der Waals surface area contributed by atoms with Crippen molar-refractivity contribution in [3.63, 3.8) is 0 Å². The highest BCUT2D eigenvalue weighted by molar-refractivity contribution is 8.00. The molecule has 0 saturated carbocycles. The van der Waals surface area contributed by atoms with Crippen LogP contribution in [0.1, 0.15) is 12.5 Å². The third-order valence-electron chi connectivity index (χ3n) is 1.99. The summed E-state index contributed by atoms with van der Waals surface area (Å²) in [5.41, 5.74) is 1.21. The predicted octanol–water partition coefficient (Wildman–Crippen LogP) is 1.58. The second kappa shape index (κ2) is 6.55. The van der Waals surface area contributed by atoms with E-state index in [1.165, 1.54) is 17.3 Å². The van der Waals surface area contributed by atoms with Crippen molar-refractivity contribution in [3.8, 4) is 0 Å². The van der Waals surface area contributed by atoms with E-state index in [0.717, 1.165) is 4.90 Å². The van der Waals surface area contributed by atoms with Gasteiger partial charge in [-0.05, 0) is 26.0 Å². The van der Waals surface area contributed by atoms with E-state index in [9.17, 15) is 4.79 Å². The third kappa shape index (κ3) is 5.19. The Bertz CT molecular complexity index is 335. The van der Waals surface area contributed by atoms with Gasteiger partial charge in [-0.1, -0.05) is 17.7 Å². The van der Waals surface area contributed by atoms with Gasteiger partial charge in [0.05, 0.1) is 11.9 Å². The molecule has 0 saturated heterocycles. The van der Waals surface area contributed by atoms with Crippen molar-refractivity contribution < 1.29 is 9.90 Å². The molecule has 0 heterocycles.